The molecule has 3 heteroatoms. The molecule has 0 saturated heterocycles. The van der Waals surface area contributed by atoms with E-state index < -0.39 is 0 Å². The number of aryl methyl sites for hydroxylation is 1. The lowest BCUT2D eigenvalue weighted by atomic mass is 10.3. The molecule has 2 aromatic rings. The van der Waals surface area contributed by atoms with Gasteiger partial charge in [-0.1, -0.05) is 13.0 Å². The number of nitrogens with two attached hydrogens (primary N) is 1. The molecule has 0 aliphatic carbocycles. The molecular formula is C10H13N3. The summed E-state index contributed by atoms with van der Waals surface area (Å²) in [6.07, 6.45) is 5.05. The van der Waals surface area contributed by atoms with Crippen LogP contribution in [0, 0.1) is 0 Å². The van der Waals surface area contributed by atoms with Gasteiger partial charge in [0.15, 0.2) is 0 Å². The Bertz CT molecular complexity index is 415. The fraction of sp³-hybridized carbons (Fsp3) is 0.300. The second-order valence-corrected chi connectivity index (χ2v) is 3.09. The molecule has 2 aromatic heterocycles. The summed E-state index contributed by atoms with van der Waals surface area (Å²) in [5.41, 5.74) is 8.79. The number of hydrogen-bond donors (Lipinski definition) is 1. The molecule has 0 unspecified atom stereocenters. The molecule has 2 heterocycles. The zero-order chi connectivity index (χ0) is 9.26. The van der Waals surface area contributed by atoms with Crippen LogP contribution in [0.3, 0.4) is 0 Å². The summed E-state index contributed by atoms with van der Waals surface area (Å²) in [5, 5.41) is 0. The predicted molar refractivity (Wildman–Crippen MR) is 52.5 cm³/mol. The van der Waals surface area contributed by atoms with Crippen LogP contribution in [0.2, 0.25) is 0 Å². The van der Waals surface area contributed by atoms with Gasteiger partial charge in [0.1, 0.15) is 5.65 Å². The Hall–Kier alpha value is -1.35. The molecule has 0 fully saturated rings. The van der Waals surface area contributed by atoms with E-state index in [2.05, 4.69) is 18.1 Å². The Kier molecular flexibility index (Phi) is 2.02. The molecule has 0 atom stereocenters. The third kappa shape index (κ3) is 1.42. The van der Waals surface area contributed by atoms with Crippen molar-refractivity contribution in [1.82, 2.24) is 9.38 Å². The highest BCUT2D eigenvalue weighted by atomic mass is 15.0. The van der Waals surface area contributed by atoms with Crippen molar-refractivity contribution < 1.29 is 0 Å². The van der Waals surface area contributed by atoms with E-state index in [1.54, 1.807) is 0 Å². The first-order valence-corrected chi connectivity index (χ1v) is 4.50. The summed E-state index contributed by atoms with van der Waals surface area (Å²) >= 11 is 0. The van der Waals surface area contributed by atoms with Gasteiger partial charge in [-0.25, -0.2) is 4.98 Å². The van der Waals surface area contributed by atoms with Crippen LogP contribution in [0.4, 0.5) is 0 Å². The number of nitrogens with zero attached hydrogens (tertiary/aromatic N) is 2. The largest absolute Gasteiger partial charge is 0.326 e. The lowest BCUT2D eigenvalue weighted by Gasteiger charge is -1.96. The van der Waals surface area contributed by atoms with Gasteiger partial charge in [0.2, 0.25) is 0 Å². The highest BCUT2D eigenvalue weighted by molar-refractivity contribution is 5.41. The minimum absolute atomic E-state index is 0.579. The van der Waals surface area contributed by atoms with E-state index in [-0.39, 0.29) is 0 Å². The van der Waals surface area contributed by atoms with Gasteiger partial charge < -0.3 is 10.1 Å². The van der Waals surface area contributed by atoms with Crippen LogP contribution in [-0.4, -0.2) is 9.38 Å². The van der Waals surface area contributed by atoms with E-state index in [9.17, 15) is 0 Å². The van der Waals surface area contributed by atoms with Crippen molar-refractivity contribution in [2.75, 3.05) is 0 Å². The number of rotatable bonds is 2. The minimum atomic E-state index is 0.579. The third-order valence-electron chi connectivity index (χ3n) is 2.16. The van der Waals surface area contributed by atoms with Gasteiger partial charge in [-0.05, 0) is 18.1 Å². The Morgan fingerprint density at radius 2 is 2.23 bits per heavy atom. The molecule has 0 spiro atoms. The normalized spacial score (nSPS) is 10.9. The smallest absolute Gasteiger partial charge is 0.136 e. The summed E-state index contributed by atoms with van der Waals surface area (Å²) < 4.78 is 2.03. The van der Waals surface area contributed by atoms with E-state index in [4.69, 9.17) is 5.73 Å². The lowest BCUT2D eigenvalue weighted by Crippen LogP contribution is -1.97. The summed E-state index contributed by atoms with van der Waals surface area (Å²) in [4.78, 5) is 4.43. The van der Waals surface area contributed by atoms with E-state index >= 15 is 0 Å². The minimum Gasteiger partial charge on any atom is -0.326 e. The van der Waals surface area contributed by atoms with Crippen molar-refractivity contribution in [1.29, 1.82) is 0 Å². The van der Waals surface area contributed by atoms with E-state index in [0.29, 0.717) is 6.54 Å². The van der Waals surface area contributed by atoms with Gasteiger partial charge in [-0.15, -0.1) is 0 Å². The number of hydrogen-bond acceptors (Lipinski definition) is 2. The topological polar surface area (TPSA) is 43.3 Å². The van der Waals surface area contributed by atoms with Crippen LogP contribution < -0.4 is 5.73 Å². The standard InChI is InChI=1S/C10H13N3/c1-2-9-7-13-6-8(5-11)3-4-10(13)12-9/h3-4,6-7H,2,5,11H2,1H3. The molecule has 0 aromatic carbocycles. The first-order chi connectivity index (χ1) is 6.33. The summed E-state index contributed by atoms with van der Waals surface area (Å²) in [6.45, 7) is 2.68. The first kappa shape index (κ1) is 8.26. The van der Waals surface area contributed by atoms with Crippen LogP contribution in [0.1, 0.15) is 18.2 Å². The number of pyridine rings is 1. The maximum Gasteiger partial charge on any atom is 0.136 e. The number of aromatic nitrogens is 2. The molecule has 2 rings (SSSR count). The average Bonchev–Trinajstić information content (AvgIpc) is 2.58. The molecule has 0 radical (unpaired) electrons. The molecule has 13 heavy (non-hydrogen) atoms. The predicted octanol–water partition coefficient (Wildman–Crippen LogP) is 1.36. The molecule has 2 N–H and O–H groups in total. The highest BCUT2D eigenvalue weighted by Crippen LogP contribution is 2.07. The van der Waals surface area contributed by atoms with Gasteiger partial charge in [-0.3, -0.25) is 0 Å². The molecule has 0 aliphatic heterocycles. The van der Waals surface area contributed by atoms with Gasteiger partial charge >= 0.3 is 0 Å². The van der Waals surface area contributed by atoms with Crippen LogP contribution in [0.25, 0.3) is 5.65 Å². The van der Waals surface area contributed by atoms with Crippen molar-refractivity contribution in [2.45, 2.75) is 19.9 Å². The number of imidazole rings is 1. The molecule has 0 amide bonds. The highest BCUT2D eigenvalue weighted by Gasteiger charge is 1.99. The average molecular weight is 175 g/mol. The Morgan fingerprint density at radius 1 is 1.38 bits per heavy atom. The zero-order valence-corrected chi connectivity index (χ0v) is 7.70. The lowest BCUT2D eigenvalue weighted by molar-refractivity contribution is 1.02. The van der Waals surface area contributed by atoms with E-state index in [0.717, 1.165) is 23.3 Å². The summed E-state index contributed by atoms with van der Waals surface area (Å²) in [6, 6.07) is 4.02. The second kappa shape index (κ2) is 3.18. The Labute approximate surface area is 77.2 Å². The molecule has 3 nitrogen and oxygen atoms in total. The Balaban J connectivity index is 2.57. The van der Waals surface area contributed by atoms with Crippen molar-refractivity contribution in [3.63, 3.8) is 0 Å². The molecule has 68 valence electrons. The van der Waals surface area contributed by atoms with Crippen molar-refractivity contribution in [3.8, 4) is 0 Å². The van der Waals surface area contributed by atoms with Gasteiger partial charge in [0.25, 0.3) is 0 Å². The van der Waals surface area contributed by atoms with Gasteiger partial charge in [0, 0.05) is 18.9 Å². The van der Waals surface area contributed by atoms with E-state index in [1.807, 2.05) is 22.7 Å². The van der Waals surface area contributed by atoms with Crippen LogP contribution >= 0.6 is 0 Å². The third-order valence-corrected chi connectivity index (χ3v) is 2.16. The number of fused-ring (bicyclic) bond motifs is 1. The fourth-order valence-corrected chi connectivity index (χ4v) is 1.38. The summed E-state index contributed by atoms with van der Waals surface area (Å²) in [5.74, 6) is 0. The first-order valence-electron chi connectivity index (χ1n) is 4.50. The molecular weight excluding hydrogens is 162 g/mol. The summed E-state index contributed by atoms with van der Waals surface area (Å²) in [7, 11) is 0. The monoisotopic (exact) mass is 175 g/mol. The van der Waals surface area contributed by atoms with Crippen LogP contribution in [0.15, 0.2) is 24.5 Å². The zero-order valence-electron chi connectivity index (χ0n) is 7.70. The van der Waals surface area contributed by atoms with Crippen LogP contribution in [-0.2, 0) is 13.0 Å². The van der Waals surface area contributed by atoms with E-state index in [1.165, 1.54) is 0 Å². The Morgan fingerprint density at radius 3 is 2.92 bits per heavy atom. The second-order valence-electron chi connectivity index (χ2n) is 3.09. The molecule has 0 bridgehead atoms. The molecule has 0 saturated carbocycles. The van der Waals surface area contributed by atoms with Crippen molar-refractivity contribution in [2.24, 2.45) is 5.73 Å². The van der Waals surface area contributed by atoms with Gasteiger partial charge in [-0.2, -0.15) is 0 Å². The van der Waals surface area contributed by atoms with Gasteiger partial charge in [0.05, 0.1) is 5.69 Å². The van der Waals surface area contributed by atoms with Crippen LogP contribution in [0.5, 0.6) is 0 Å². The quantitative estimate of drug-likeness (QED) is 0.748. The maximum absolute atomic E-state index is 5.55. The fourth-order valence-electron chi connectivity index (χ4n) is 1.38. The molecule has 0 aliphatic rings. The van der Waals surface area contributed by atoms with Crippen molar-refractivity contribution >= 4 is 5.65 Å². The van der Waals surface area contributed by atoms with Crippen molar-refractivity contribution in [3.05, 3.63) is 35.8 Å². The maximum atomic E-state index is 5.55. The SMILES string of the molecule is CCc1cn2cc(CN)ccc2n1.